The Balaban J connectivity index is 1.89. The molecule has 1 saturated carbocycles. The smallest absolute Gasteiger partial charge is 0.315 e. The van der Waals surface area contributed by atoms with Crippen LogP contribution in [0.2, 0.25) is 0 Å². The third kappa shape index (κ3) is 10.9. The molecule has 1 unspecified atom stereocenters. The minimum absolute atomic E-state index is 0.00789. The fourth-order valence-corrected chi connectivity index (χ4v) is 8.46. The summed E-state index contributed by atoms with van der Waals surface area (Å²) in [5.41, 5.74) is -1.84. The highest BCUT2D eigenvalue weighted by Crippen LogP contribution is 2.53. The van der Waals surface area contributed by atoms with Crippen molar-refractivity contribution in [3.05, 3.63) is 12.7 Å². The Morgan fingerprint density at radius 2 is 1.55 bits per heavy atom. The molecular formula is C42H68N4O7. The second kappa shape index (κ2) is 17.0. The van der Waals surface area contributed by atoms with Crippen LogP contribution in [0.4, 0.5) is 4.79 Å². The topological polar surface area (TPSA) is 150 Å². The molecule has 2 saturated heterocycles. The first kappa shape index (κ1) is 44.0. The molecule has 53 heavy (non-hydrogen) atoms. The number of carbonyl (C=O) groups is 7. The zero-order chi connectivity index (χ0) is 40.3. The third-order valence-electron chi connectivity index (χ3n) is 11.9. The summed E-state index contributed by atoms with van der Waals surface area (Å²) in [6.07, 6.45) is 6.01. The number of nitrogens with zero attached hydrogens (tertiary/aromatic N) is 2. The van der Waals surface area contributed by atoms with Crippen LogP contribution in [0.5, 0.6) is 0 Å². The van der Waals surface area contributed by atoms with E-state index in [1.54, 1.807) is 11.0 Å². The third-order valence-corrected chi connectivity index (χ3v) is 11.9. The molecular weight excluding hydrogens is 672 g/mol. The summed E-state index contributed by atoms with van der Waals surface area (Å²) in [7, 11) is 0. The van der Waals surface area contributed by atoms with Gasteiger partial charge < -0.3 is 15.5 Å². The summed E-state index contributed by atoms with van der Waals surface area (Å²) in [5, 5.41) is 5.90. The van der Waals surface area contributed by atoms with Gasteiger partial charge in [-0.2, -0.15) is 0 Å². The van der Waals surface area contributed by atoms with Crippen LogP contribution in [0.15, 0.2) is 12.7 Å². The summed E-state index contributed by atoms with van der Waals surface area (Å²) < 4.78 is 0. The number of piperidine rings is 1. The van der Waals surface area contributed by atoms with Gasteiger partial charge in [0, 0.05) is 44.7 Å². The Morgan fingerprint density at radius 3 is 2.08 bits per heavy atom. The summed E-state index contributed by atoms with van der Waals surface area (Å²) in [6, 6.07) is -3.01. The SMILES string of the molecule is C=CCCC(=O)C(=O)C(CCCC)CC(=O)[C@@H]1[C@H]2CCC(C)(C)[C@H]2CN1C(=O)[C@@H](NC(=O)N[C@H](CN1C(=O)CC(C)(C)CC1=O)C(C)(C)C)C(C)(C)C. The number of ketones is 3. The molecule has 6 atom stereocenters. The van der Waals surface area contributed by atoms with Crippen LogP contribution in [-0.2, 0) is 28.8 Å². The molecule has 1 aliphatic carbocycles. The van der Waals surface area contributed by atoms with Crippen molar-refractivity contribution in [3.63, 3.8) is 0 Å². The first-order valence-corrected chi connectivity index (χ1v) is 19.8. The molecule has 0 radical (unpaired) electrons. The average molecular weight is 741 g/mol. The van der Waals surface area contributed by atoms with E-state index in [9.17, 15) is 33.6 Å². The van der Waals surface area contributed by atoms with Gasteiger partial charge in [0.05, 0.1) is 12.1 Å². The molecule has 3 fully saturated rings. The number of rotatable bonds is 16. The van der Waals surface area contributed by atoms with Gasteiger partial charge in [-0.15, -0.1) is 6.58 Å². The van der Waals surface area contributed by atoms with Crippen molar-refractivity contribution in [1.82, 2.24) is 20.4 Å². The number of fused-ring (bicyclic) bond motifs is 1. The molecule has 3 rings (SSSR count). The summed E-state index contributed by atoms with van der Waals surface area (Å²) in [5.74, 6) is -2.92. The normalized spacial score (nSPS) is 24.2. The number of imide groups is 1. The summed E-state index contributed by atoms with van der Waals surface area (Å²) in [4.78, 5) is 98.1. The van der Waals surface area contributed by atoms with Crippen LogP contribution in [0.25, 0.3) is 0 Å². The van der Waals surface area contributed by atoms with Gasteiger partial charge in [-0.05, 0) is 59.2 Å². The van der Waals surface area contributed by atoms with Gasteiger partial charge in [-0.3, -0.25) is 33.7 Å². The molecule has 11 nitrogen and oxygen atoms in total. The Kier molecular flexibility index (Phi) is 14.1. The zero-order valence-electron chi connectivity index (χ0n) is 34.5. The van der Waals surface area contributed by atoms with Crippen molar-refractivity contribution < 1.29 is 33.6 Å². The van der Waals surface area contributed by atoms with Crippen molar-refractivity contribution in [3.8, 4) is 0 Å². The number of carbonyl (C=O) groups excluding carboxylic acids is 7. The lowest BCUT2D eigenvalue weighted by Gasteiger charge is -2.40. The van der Waals surface area contributed by atoms with E-state index >= 15 is 0 Å². The molecule has 2 N–H and O–H groups in total. The number of Topliss-reactive ketones (excluding diaryl/α,β-unsaturated/α-hetero) is 3. The predicted molar refractivity (Wildman–Crippen MR) is 205 cm³/mol. The zero-order valence-corrected chi connectivity index (χ0v) is 34.5. The fourth-order valence-electron chi connectivity index (χ4n) is 8.46. The van der Waals surface area contributed by atoms with Crippen molar-refractivity contribution >= 4 is 41.1 Å². The standard InChI is InChI=1S/C42H68N4O7/c1-13-15-17-26(35(51)29(47)18-16-14-2)21-30(48)34-27-19-20-42(11,12)28(27)24-46(34)37(52)36(40(6,7)8)44-38(53)43-31(39(3,4)5)25-45-32(49)22-41(9,10)23-33(45)50/h14,26-28,31,34,36H,2,13,15-25H2,1,3-12H3,(H2,43,44,53)/t26?,27-,28-,31+,34-,36+/m0/s1. The molecule has 5 amide bonds. The molecule has 2 aliphatic heterocycles. The van der Waals surface area contributed by atoms with Gasteiger partial charge in [0.25, 0.3) is 0 Å². The highest BCUT2D eigenvalue weighted by molar-refractivity contribution is 6.38. The number of likely N-dealkylation sites (tertiary alicyclic amines) is 2. The molecule has 2 heterocycles. The number of hydrogen-bond acceptors (Lipinski definition) is 7. The number of nitrogens with one attached hydrogen (secondary N) is 2. The molecule has 0 aromatic rings. The predicted octanol–water partition coefficient (Wildman–Crippen LogP) is 6.42. The molecule has 11 heteroatoms. The van der Waals surface area contributed by atoms with Gasteiger partial charge >= 0.3 is 6.03 Å². The Labute approximate surface area is 318 Å². The van der Waals surface area contributed by atoms with E-state index in [4.69, 9.17) is 0 Å². The Hall–Kier alpha value is -3.37. The average Bonchev–Trinajstić information content (AvgIpc) is 3.56. The lowest BCUT2D eigenvalue weighted by Crippen LogP contribution is -2.62. The van der Waals surface area contributed by atoms with Crippen LogP contribution in [-0.4, -0.2) is 82.1 Å². The second-order valence-corrected chi connectivity index (χ2v) is 19.6. The fraction of sp³-hybridized carbons (Fsp3) is 0.786. The van der Waals surface area contributed by atoms with Crippen LogP contribution in [0, 0.1) is 39.4 Å². The molecule has 0 bridgehead atoms. The monoisotopic (exact) mass is 741 g/mol. The maximum Gasteiger partial charge on any atom is 0.315 e. The second-order valence-electron chi connectivity index (χ2n) is 19.6. The van der Waals surface area contributed by atoms with E-state index in [1.165, 1.54) is 4.90 Å². The molecule has 3 aliphatic rings. The van der Waals surface area contributed by atoms with Crippen LogP contribution >= 0.6 is 0 Å². The quantitative estimate of drug-likeness (QED) is 0.105. The van der Waals surface area contributed by atoms with Crippen LogP contribution < -0.4 is 10.6 Å². The molecule has 298 valence electrons. The van der Waals surface area contributed by atoms with Crippen LogP contribution in [0.3, 0.4) is 0 Å². The van der Waals surface area contributed by atoms with Crippen molar-refractivity contribution in [2.75, 3.05) is 13.1 Å². The van der Waals surface area contributed by atoms with E-state index in [2.05, 4.69) is 31.1 Å². The number of hydrogen-bond donors (Lipinski definition) is 2. The number of urea groups is 1. The van der Waals surface area contributed by atoms with Gasteiger partial charge in [0.1, 0.15) is 6.04 Å². The molecule has 0 aromatic heterocycles. The number of unbranched alkanes of at least 4 members (excludes halogenated alkanes) is 1. The first-order valence-electron chi connectivity index (χ1n) is 19.8. The Morgan fingerprint density at radius 1 is 0.943 bits per heavy atom. The van der Waals surface area contributed by atoms with Gasteiger partial charge in [-0.25, -0.2) is 4.79 Å². The van der Waals surface area contributed by atoms with E-state index < -0.39 is 57.9 Å². The largest absolute Gasteiger partial charge is 0.333 e. The van der Waals surface area contributed by atoms with Gasteiger partial charge in [-0.1, -0.05) is 95.1 Å². The van der Waals surface area contributed by atoms with Gasteiger partial charge in [0.15, 0.2) is 11.6 Å². The van der Waals surface area contributed by atoms with Crippen LogP contribution in [0.1, 0.15) is 140 Å². The minimum atomic E-state index is -1.02. The summed E-state index contributed by atoms with van der Waals surface area (Å²) in [6.45, 7) is 25.4. The van der Waals surface area contributed by atoms with E-state index in [0.717, 1.165) is 19.3 Å². The maximum absolute atomic E-state index is 14.8. The maximum atomic E-state index is 14.8. The van der Waals surface area contributed by atoms with Crippen molar-refractivity contribution in [2.45, 2.75) is 158 Å². The lowest BCUT2D eigenvalue weighted by molar-refractivity contribution is -0.153. The highest BCUT2D eigenvalue weighted by Gasteiger charge is 2.57. The lowest BCUT2D eigenvalue weighted by atomic mass is 9.78. The Bertz CT molecular complexity index is 1420. The van der Waals surface area contributed by atoms with Gasteiger partial charge in [0.2, 0.25) is 23.5 Å². The van der Waals surface area contributed by atoms with Crippen molar-refractivity contribution in [2.24, 2.45) is 39.4 Å². The number of amides is 5. The van der Waals surface area contributed by atoms with E-state index in [-0.39, 0.29) is 73.0 Å². The minimum Gasteiger partial charge on any atom is -0.333 e. The first-order chi connectivity index (χ1) is 24.3. The summed E-state index contributed by atoms with van der Waals surface area (Å²) >= 11 is 0. The molecule has 0 spiro atoms. The molecule has 0 aromatic carbocycles. The van der Waals surface area contributed by atoms with E-state index in [0.29, 0.717) is 25.8 Å². The number of allylic oxidation sites excluding steroid dienone is 1. The highest BCUT2D eigenvalue weighted by atomic mass is 16.2. The van der Waals surface area contributed by atoms with E-state index in [1.807, 2.05) is 62.3 Å². The van der Waals surface area contributed by atoms with Crippen molar-refractivity contribution in [1.29, 1.82) is 0 Å².